The number of halogens is 1. The summed E-state index contributed by atoms with van der Waals surface area (Å²) in [6, 6.07) is 6.62. The van der Waals surface area contributed by atoms with Gasteiger partial charge in [-0.1, -0.05) is 12.1 Å². The van der Waals surface area contributed by atoms with Gasteiger partial charge >= 0.3 is 0 Å². The molecule has 1 atom stereocenters. The maximum Gasteiger partial charge on any atom is 0.191 e. The second-order valence-corrected chi connectivity index (χ2v) is 7.61. The molecule has 2 rings (SSSR count). The summed E-state index contributed by atoms with van der Waals surface area (Å²) < 4.78 is 18.2. The van der Waals surface area contributed by atoms with E-state index in [-0.39, 0.29) is 11.7 Å². The second kappa shape index (κ2) is 11.0. The summed E-state index contributed by atoms with van der Waals surface area (Å²) in [6.45, 7) is 10.4. The van der Waals surface area contributed by atoms with Gasteiger partial charge in [0.05, 0.1) is 5.69 Å². The number of thioether (sulfide) groups is 1. The fourth-order valence-corrected chi connectivity index (χ4v) is 3.71. The van der Waals surface area contributed by atoms with Crippen LogP contribution in [0, 0.1) is 19.7 Å². The lowest BCUT2D eigenvalue weighted by Crippen LogP contribution is -2.38. The molecule has 7 heteroatoms. The Morgan fingerprint density at radius 1 is 1.26 bits per heavy atom. The van der Waals surface area contributed by atoms with Crippen LogP contribution in [0.3, 0.4) is 0 Å². The largest absolute Gasteiger partial charge is 0.361 e. The molecular formula is C20H29FN4OS. The average molecular weight is 393 g/mol. The molecule has 2 N–H and O–H groups in total. The van der Waals surface area contributed by atoms with Crippen LogP contribution in [0.2, 0.25) is 0 Å². The monoisotopic (exact) mass is 392 g/mol. The SMILES string of the molecule is CCNC(=NCC(C)c1c(C)noc1C)NCCCSc1ccc(F)cc1. The Bertz CT molecular complexity index is 711. The first-order valence-corrected chi connectivity index (χ1v) is 10.3. The Kier molecular flexibility index (Phi) is 8.64. The Morgan fingerprint density at radius 2 is 2.00 bits per heavy atom. The number of nitrogens with zero attached hydrogens (tertiary/aromatic N) is 2. The van der Waals surface area contributed by atoms with Crippen molar-refractivity contribution in [2.45, 2.75) is 44.9 Å². The van der Waals surface area contributed by atoms with Crippen molar-refractivity contribution in [2.24, 2.45) is 4.99 Å². The van der Waals surface area contributed by atoms with Gasteiger partial charge in [0.25, 0.3) is 0 Å². The Balaban J connectivity index is 1.77. The van der Waals surface area contributed by atoms with Crippen molar-refractivity contribution in [3.63, 3.8) is 0 Å². The summed E-state index contributed by atoms with van der Waals surface area (Å²) in [4.78, 5) is 5.78. The zero-order chi connectivity index (χ0) is 19.6. The van der Waals surface area contributed by atoms with Gasteiger partial charge in [0.1, 0.15) is 11.6 Å². The zero-order valence-electron chi connectivity index (χ0n) is 16.5. The van der Waals surface area contributed by atoms with Gasteiger partial charge in [-0.3, -0.25) is 4.99 Å². The van der Waals surface area contributed by atoms with E-state index in [4.69, 9.17) is 9.52 Å². The van der Waals surface area contributed by atoms with E-state index in [0.717, 1.165) is 53.1 Å². The molecule has 1 aromatic carbocycles. The normalized spacial score (nSPS) is 12.9. The number of hydrogen-bond acceptors (Lipinski definition) is 4. The van der Waals surface area contributed by atoms with Crippen LogP contribution in [0.4, 0.5) is 4.39 Å². The molecule has 148 valence electrons. The lowest BCUT2D eigenvalue weighted by molar-refractivity contribution is 0.391. The average Bonchev–Trinajstić information content (AvgIpc) is 2.99. The summed E-state index contributed by atoms with van der Waals surface area (Å²) in [5.41, 5.74) is 2.08. The molecule has 0 saturated carbocycles. The highest BCUT2D eigenvalue weighted by Gasteiger charge is 2.16. The molecule has 0 aliphatic rings. The van der Waals surface area contributed by atoms with Crippen molar-refractivity contribution < 1.29 is 8.91 Å². The number of nitrogens with one attached hydrogen (secondary N) is 2. The number of benzene rings is 1. The van der Waals surface area contributed by atoms with E-state index in [9.17, 15) is 4.39 Å². The van der Waals surface area contributed by atoms with Gasteiger partial charge in [-0.15, -0.1) is 11.8 Å². The van der Waals surface area contributed by atoms with Crippen LogP contribution in [0.1, 0.15) is 43.2 Å². The highest BCUT2D eigenvalue weighted by Crippen LogP contribution is 2.23. The van der Waals surface area contributed by atoms with E-state index in [1.54, 1.807) is 11.8 Å². The Labute approximate surface area is 165 Å². The summed E-state index contributed by atoms with van der Waals surface area (Å²) in [5, 5.41) is 10.7. The molecule has 0 aliphatic carbocycles. The smallest absolute Gasteiger partial charge is 0.191 e. The zero-order valence-corrected chi connectivity index (χ0v) is 17.3. The molecule has 27 heavy (non-hydrogen) atoms. The molecule has 0 fully saturated rings. The maximum absolute atomic E-state index is 12.9. The van der Waals surface area contributed by atoms with Gasteiger partial charge in [-0.05, 0) is 57.2 Å². The van der Waals surface area contributed by atoms with E-state index in [1.165, 1.54) is 12.1 Å². The predicted octanol–water partition coefficient (Wildman–Crippen LogP) is 4.27. The topological polar surface area (TPSA) is 62.5 Å². The van der Waals surface area contributed by atoms with E-state index in [1.807, 2.05) is 26.0 Å². The lowest BCUT2D eigenvalue weighted by atomic mass is 10.00. The third-order valence-corrected chi connectivity index (χ3v) is 5.24. The standard InChI is InChI=1S/C20H29FN4OS/c1-5-22-20(24-13-14(2)19-15(3)25-26-16(19)4)23-11-6-12-27-18-9-7-17(21)8-10-18/h7-10,14H,5-6,11-13H2,1-4H3,(H2,22,23,24). The van der Waals surface area contributed by atoms with Crippen LogP contribution in [0.15, 0.2) is 38.7 Å². The van der Waals surface area contributed by atoms with Gasteiger partial charge in [0, 0.05) is 36.0 Å². The van der Waals surface area contributed by atoms with Crippen LogP contribution < -0.4 is 10.6 Å². The number of hydrogen-bond donors (Lipinski definition) is 2. The van der Waals surface area contributed by atoms with Gasteiger partial charge < -0.3 is 15.2 Å². The molecule has 0 aliphatic heterocycles. The quantitative estimate of drug-likeness (QED) is 0.289. The summed E-state index contributed by atoms with van der Waals surface area (Å²) in [5.74, 6) is 2.71. The molecular weight excluding hydrogens is 363 g/mol. The number of rotatable bonds is 9. The van der Waals surface area contributed by atoms with Crippen LogP contribution in [-0.2, 0) is 0 Å². The second-order valence-electron chi connectivity index (χ2n) is 6.44. The van der Waals surface area contributed by atoms with Crippen molar-refractivity contribution in [3.8, 4) is 0 Å². The Morgan fingerprint density at radius 3 is 2.63 bits per heavy atom. The first kappa shape index (κ1) is 21.3. The van der Waals surface area contributed by atoms with Gasteiger partial charge in [0.2, 0.25) is 0 Å². The van der Waals surface area contributed by atoms with Crippen molar-refractivity contribution >= 4 is 17.7 Å². The molecule has 0 spiro atoms. The number of aromatic nitrogens is 1. The van der Waals surface area contributed by atoms with Crippen molar-refractivity contribution in [1.29, 1.82) is 0 Å². The number of aliphatic imine (C=N–C) groups is 1. The molecule has 1 aromatic heterocycles. The third-order valence-electron chi connectivity index (χ3n) is 4.14. The minimum Gasteiger partial charge on any atom is -0.361 e. The molecule has 1 heterocycles. The minimum absolute atomic E-state index is 0.196. The molecule has 0 radical (unpaired) electrons. The first-order chi connectivity index (χ1) is 13.0. The fourth-order valence-electron chi connectivity index (χ4n) is 2.85. The predicted molar refractivity (Wildman–Crippen MR) is 110 cm³/mol. The summed E-state index contributed by atoms with van der Waals surface area (Å²) in [7, 11) is 0. The summed E-state index contributed by atoms with van der Waals surface area (Å²) in [6.07, 6.45) is 0.992. The van der Waals surface area contributed by atoms with Crippen LogP contribution in [0.25, 0.3) is 0 Å². The first-order valence-electron chi connectivity index (χ1n) is 9.34. The third kappa shape index (κ3) is 6.90. The van der Waals surface area contributed by atoms with Crippen LogP contribution in [-0.4, -0.2) is 36.5 Å². The highest BCUT2D eigenvalue weighted by molar-refractivity contribution is 7.99. The van der Waals surface area contributed by atoms with Gasteiger partial charge in [0.15, 0.2) is 5.96 Å². The minimum atomic E-state index is -0.196. The van der Waals surface area contributed by atoms with E-state index in [2.05, 4.69) is 29.6 Å². The van der Waals surface area contributed by atoms with E-state index < -0.39 is 0 Å². The van der Waals surface area contributed by atoms with Crippen LogP contribution >= 0.6 is 11.8 Å². The number of aryl methyl sites for hydroxylation is 2. The lowest BCUT2D eigenvalue weighted by Gasteiger charge is -2.13. The van der Waals surface area contributed by atoms with Crippen molar-refractivity contribution in [3.05, 3.63) is 47.1 Å². The number of guanidine groups is 1. The van der Waals surface area contributed by atoms with Gasteiger partial charge in [-0.25, -0.2) is 4.39 Å². The van der Waals surface area contributed by atoms with Crippen molar-refractivity contribution in [1.82, 2.24) is 15.8 Å². The Hall–Kier alpha value is -2.02. The van der Waals surface area contributed by atoms with E-state index in [0.29, 0.717) is 6.54 Å². The van der Waals surface area contributed by atoms with Crippen molar-refractivity contribution in [2.75, 3.05) is 25.4 Å². The maximum atomic E-state index is 12.9. The highest BCUT2D eigenvalue weighted by atomic mass is 32.2. The fraction of sp³-hybridized carbons (Fsp3) is 0.500. The molecule has 5 nitrogen and oxygen atoms in total. The molecule has 0 bridgehead atoms. The molecule has 2 aromatic rings. The van der Waals surface area contributed by atoms with E-state index >= 15 is 0 Å². The summed E-state index contributed by atoms with van der Waals surface area (Å²) >= 11 is 1.73. The molecule has 0 amide bonds. The van der Waals surface area contributed by atoms with Gasteiger partial charge in [-0.2, -0.15) is 0 Å². The molecule has 0 saturated heterocycles. The van der Waals surface area contributed by atoms with Crippen LogP contribution in [0.5, 0.6) is 0 Å². The molecule has 1 unspecified atom stereocenters.